The van der Waals surface area contributed by atoms with Crippen LogP contribution in [0.4, 0.5) is 5.69 Å². The third kappa shape index (κ3) is 2.72. The standard InChI is InChI=1S/C17H15ClN4O4/c1-8(15-21-10-6-9(18)2-4-13(10)26-15)20-11-7-19-14-5-3-12(17(24)25)22(14)16(11)23/h2,4,6-8,12,20H,3,5H2,1H3,(H,24,25)/t8?,12-/m0/s1. The van der Waals surface area contributed by atoms with E-state index in [1.54, 1.807) is 25.1 Å². The number of aliphatic carboxylic acids is 1. The molecule has 1 unspecified atom stereocenters. The molecule has 0 bridgehead atoms. The zero-order valence-electron chi connectivity index (χ0n) is 13.8. The van der Waals surface area contributed by atoms with Crippen LogP contribution in [0.1, 0.15) is 37.1 Å². The number of oxazole rings is 1. The average molecular weight is 375 g/mol. The lowest BCUT2D eigenvalue weighted by Crippen LogP contribution is -2.30. The smallest absolute Gasteiger partial charge is 0.326 e. The molecule has 2 aromatic heterocycles. The summed E-state index contributed by atoms with van der Waals surface area (Å²) < 4.78 is 6.93. The van der Waals surface area contributed by atoms with Crippen molar-refractivity contribution >= 4 is 34.4 Å². The third-order valence-electron chi connectivity index (χ3n) is 4.42. The molecule has 134 valence electrons. The molecule has 4 rings (SSSR count). The van der Waals surface area contributed by atoms with E-state index in [0.29, 0.717) is 40.7 Å². The first-order valence-corrected chi connectivity index (χ1v) is 8.47. The maximum absolute atomic E-state index is 12.7. The van der Waals surface area contributed by atoms with Gasteiger partial charge >= 0.3 is 5.97 Å². The first-order valence-electron chi connectivity index (χ1n) is 8.10. The minimum atomic E-state index is -1.03. The first-order chi connectivity index (χ1) is 12.4. The number of benzene rings is 1. The zero-order valence-corrected chi connectivity index (χ0v) is 14.5. The quantitative estimate of drug-likeness (QED) is 0.722. The normalized spacial score (nSPS) is 17.2. The monoisotopic (exact) mass is 374 g/mol. The number of hydrogen-bond acceptors (Lipinski definition) is 6. The van der Waals surface area contributed by atoms with E-state index in [2.05, 4.69) is 15.3 Å². The number of aryl methyl sites for hydroxylation is 1. The van der Waals surface area contributed by atoms with Crippen molar-refractivity contribution in [2.45, 2.75) is 31.8 Å². The van der Waals surface area contributed by atoms with Gasteiger partial charge in [-0.2, -0.15) is 0 Å². The fourth-order valence-corrected chi connectivity index (χ4v) is 3.30. The molecular formula is C17H15ClN4O4. The molecule has 3 aromatic rings. The summed E-state index contributed by atoms with van der Waals surface area (Å²) in [5.74, 6) is -0.160. The molecule has 2 N–H and O–H groups in total. The first kappa shape index (κ1) is 16.6. The van der Waals surface area contributed by atoms with Gasteiger partial charge < -0.3 is 14.8 Å². The Bertz CT molecular complexity index is 1070. The number of carbonyl (C=O) groups is 1. The van der Waals surface area contributed by atoms with Gasteiger partial charge in [-0.05, 0) is 31.5 Å². The van der Waals surface area contributed by atoms with E-state index in [9.17, 15) is 14.7 Å². The van der Waals surface area contributed by atoms with Crippen molar-refractivity contribution in [1.82, 2.24) is 14.5 Å². The van der Waals surface area contributed by atoms with Crippen molar-refractivity contribution in [3.63, 3.8) is 0 Å². The van der Waals surface area contributed by atoms with Gasteiger partial charge in [0.05, 0.1) is 6.20 Å². The molecule has 1 aliphatic rings. The van der Waals surface area contributed by atoms with Crippen LogP contribution in [0.15, 0.2) is 33.6 Å². The predicted octanol–water partition coefficient (Wildman–Crippen LogP) is 2.78. The van der Waals surface area contributed by atoms with Gasteiger partial charge in [0, 0.05) is 11.4 Å². The van der Waals surface area contributed by atoms with E-state index in [1.165, 1.54) is 10.8 Å². The van der Waals surface area contributed by atoms with Crippen LogP contribution >= 0.6 is 11.6 Å². The summed E-state index contributed by atoms with van der Waals surface area (Å²) in [7, 11) is 0. The summed E-state index contributed by atoms with van der Waals surface area (Å²) in [5.41, 5.74) is 1.00. The minimum Gasteiger partial charge on any atom is -0.480 e. The van der Waals surface area contributed by atoms with Crippen LogP contribution in [0, 0.1) is 0 Å². The number of aromatic nitrogens is 3. The van der Waals surface area contributed by atoms with Crippen LogP contribution in [-0.4, -0.2) is 25.6 Å². The molecule has 0 aliphatic carbocycles. The topological polar surface area (TPSA) is 110 Å². The molecule has 0 radical (unpaired) electrons. The van der Waals surface area contributed by atoms with Gasteiger partial charge in [0.2, 0.25) is 5.89 Å². The van der Waals surface area contributed by atoms with Gasteiger partial charge in [-0.25, -0.2) is 14.8 Å². The van der Waals surface area contributed by atoms with Crippen molar-refractivity contribution in [2.75, 3.05) is 5.32 Å². The maximum Gasteiger partial charge on any atom is 0.326 e. The van der Waals surface area contributed by atoms with Crippen molar-refractivity contribution in [3.05, 3.63) is 51.5 Å². The Hall–Kier alpha value is -2.87. The van der Waals surface area contributed by atoms with E-state index in [4.69, 9.17) is 16.0 Å². The summed E-state index contributed by atoms with van der Waals surface area (Å²) in [6.07, 6.45) is 2.25. The Balaban J connectivity index is 1.65. The van der Waals surface area contributed by atoms with Crippen LogP contribution in [0.25, 0.3) is 11.1 Å². The van der Waals surface area contributed by atoms with E-state index in [-0.39, 0.29) is 5.69 Å². The lowest BCUT2D eigenvalue weighted by molar-refractivity contribution is -0.140. The van der Waals surface area contributed by atoms with Crippen LogP contribution in [0.3, 0.4) is 0 Å². The van der Waals surface area contributed by atoms with Gasteiger partial charge in [0.1, 0.15) is 29.1 Å². The number of anilines is 1. The second kappa shape index (κ2) is 6.14. The summed E-state index contributed by atoms with van der Waals surface area (Å²) in [4.78, 5) is 32.6. The van der Waals surface area contributed by atoms with Gasteiger partial charge in [-0.15, -0.1) is 0 Å². The van der Waals surface area contributed by atoms with E-state index in [0.717, 1.165) is 0 Å². The Morgan fingerprint density at radius 3 is 3.08 bits per heavy atom. The fourth-order valence-electron chi connectivity index (χ4n) is 3.14. The highest BCUT2D eigenvalue weighted by Gasteiger charge is 2.31. The highest BCUT2D eigenvalue weighted by Crippen LogP contribution is 2.26. The summed E-state index contributed by atoms with van der Waals surface area (Å²) in [5, 5.41) is 12.9. The van der Waals surface area contributed by atoms with Gasteiger partial charge in [-0.3, -0.25) is 9.36 Å². The van der Waals surface area contributed by atoms with Crippen molar-refractivity contribution < 1.29 is 14.3 Å². The number of hydrogen-bond donors (Lipinski definition) is 2. The van der Waals surface area contributed by atoms with Gasteiger partial charge in [-0.1, -0.05) is 11.6 Å². The second-order valence-electron chi connectivity index (χ2n) is 6.19. The molecule has 0 fully saturated rings. The molecule has 0 amide bonds. The van der Waals surface area contributed by atoms with Crippen molar-refractivity contribution in [2.24, 2.45) is 0 Å². The maximum atomic E-state index is 12.7. The zero-order chi connectivity index (χ0) is 18.4. The lowest BCUT2D eigenvalue weighted by Gasteiger charge is -2.14. The Kier molecular flexibility index (Phi) is 3.91. The lowest BCUT2D eigenvalue weighted by atomic mass is 10.2. The molecule has 0 spiro atoms. The molecular weight excluding hydrogens is 360 g/mol. The van der Waals surface area contributed by atoms with Crippen LogP contribution in [0.2, 0.25) is 5.02 Å². The molecule has 0 saturated carbocycles. The Morgan fingerprint density at radius 2 is 2.31 bits per heavy atom. The van der Waals surface area contributed by atoms with Gasteiger partial charge in [0.15, 0.2) is 5.58 Å². The molecule has 9 heteroatoms. The number of rotatable bonds is 4. The average Bonchev–Trinajstić information content (AvgIpc) is 3.21. The summed E-state index contributed by atoms with van der Waals surface area (Å²) >= 11 is 5.95. The number of fused-ring (bicyclic) bond motifs is 2. The largest absolute Gasteiger partial charge is 0.480 e. The molecule has 1 aromatic carbocycles. The van der Waals surface area contributed by atoms with E-state index >= 15 is 0 Å². The van der Waals surface area contributed by atoms with Crippen molar-refractivity contribution in [3.8, 4) is 0 Å². The molecule has 8 nitrogen and oxygen atoms in total. The third-order valence-corrected chi connectivity index (χ3v) is 4.65. The number of halogens is 1. The van der Waals surface area contributed by atoms with E-state index in [1.807, 2.05) is 0 Å². The summed E-state index contributed by atoms with van der Waals surface area (Å²) in [6, 6.07) is 3.83. The van der Waals surface area contributed by atoms with E-state index < -0.39 is 23.6 Å². The number of nitrogens with one attached hydrogen (secondary N) is 1. The highest BCUT2D eigenvalue weighted by atomic mass is 35.5. The molecule has 1 aliphatic heterocycles. The minimum absolute atomic E-state index is 0.203. The summed E-state index contributed by atoms with van der Waals surface area (Å²) in [6.45, 7) is 1.79. The number of carboxylic acid groups (broad SMARTS) is 1. The Morgan fingerprint density at radius 1 is 1.50 bits per heavy atom. The molecule has 3 heterocycles. The Labute approximate surface area is 152 Å². The molecule has 2 atom stereocenters. The fraction of sp³-hybridized carbons (Fsp3) is 0.294. The number of nitrogens with zero attached hydrogens (tertiary/aromatic N) is 3. The second-order valence-corrected chi connectivity index (χ2v) is 6.62. The van der Waals surface area contributed by atoms with Crippen LogP contribution in [-0.2, 0) is 11.2 Å². The van der Waals surface area contributed by atoms with Crippen LogP contribution < -0.4 is 10.9 Å². The van der Waals surface area contributed by atoms with Crippen LogP contribution in [0.5, 0.6) is 0 Å². The number of carboxylic acids is 1. The SMILES string of the molecule is CC(Nc1cnc2n(c1=O)[C@H](C(=O)O)CC2)c1nc2cc(Cl)ccc2o1. The van der Waals surface area contributed by atoms with Gasteiger partial charge in [0.25, 0.3) is 5.56 Å². The predicted molar refractivity (Wildman–Crippen MR) is 94.5 cm³/mol. The highest BCUT2D eigenvalue weighted by molar-refractivity contribution is 6.31. The molecule has 0 saturated heterocycles. The van der Waals surface area contributed by atoms with Crippen molar-refractivity contribution in [1.29, 1.82) is 0 Å². The molecule has 26 heavy (non-hydrogen) atoms.